The van der Waals surface area contributed by atoms with Crippen LogP contribution in [0.25, 0.3) is 5.53 Å². The van der Waals surface area contributed by atoms with Crippen LogP contribution in [0.15, 0.2) is 54.6 Å². The first-order valence-corrected chi connectivity index (χ1v) is 9.24. The van der Waals surface area contributed by atoms with Crippen molar-refractivity contribution in [1.29, 1.82) is 0 Å². The zero-order chi connectivity index (χ0) is 21.3. The van der Waals surface area contributed by atoms with Crippen molar-refractivity contribution in [3.8, 4) is 5.75 Å². The lowest BCUT2D eigenvalue weighted by atomic mass is 10.0. The Kier molecular flexibility index (Phi) is 7.69. The number of hydrogen-bond donors (Lipinski definition) is 1. The highest BCUT2D eigenvalue weighted by Crippen LogP contribution is 2.19. The molecule has 0 aliphatic carbocycles. The number of nitrogens with zero attached hydrogens (tertiary/aromatic N) is 2. The maximum absolute atomic E-state index is 12.2. The molecule has 1 atom stereocenters. The van der Waals surface area contributed by atoms with Crippen LogP contribution in [0.3, 0.4) is 0 Å². The van der Waals surface area contributed by atoms with E-state index in [0.717, 1.165) is 17.3 Å². The van der Waals surface area contributed by atoms with Crippen molar-refractivity contribution in [1.82, 2.24) is 5.32 Å². The maximum Gasteiger partial charge on any atom is 0.408 e. The van der Waals surface area contributed by atoms with Crippen LogP contribution in [0.4, 0.5) is 4.79 Å². The second-order valence-electron chi connectivity index (χ2n) is 7.44. The summed E-state index contributed by atoms with van der Waals surface area (Å²) in [5, 5.41) is 2.61. The quantitative estimate of drug-likeness (QED) is 0.419. The smallest absolute Gasteiger partial charge is 0.408 e. The molecule has 7 nitrogen and oxygen atoms in total. The van der Waals surface area contributed by atoms with Gasteiger partial charge in [0, 0.05) is 13.0 Å². The highest BCUT2D eigenvalue weighted by molar-refractivity contribution is 6.27. The SMILES string of the molecule is CC(C)(C)Oc1ccc(C[C@H](OC(=O)NCc2ccccc2)C(=O)C=[N+]=[N-])cc1. The van der Waals surface area contributed by atoms with Crippen LogP contribution in [0.5, 0.6) is 5.75 Å². The molecule has 0 radical (unpaired) electrons. The summed E-state index contributed by atoms with van der Waals surface area (Å²) in [7, 11) is 0. The number of hydrogen-bond acceptors (Lipinski definition) is 4. The number of nitrogens with one attached hydrogen (secondary N) is 1. The Morgan fingerprint density at radius 3 is 2.31 bits per heavy atom. The molecule has 2 rings (SSSR count). The largest absolute Gasteiger partial charge is 0.488 e. The summed E-state index contributed by atoms with van der Waals surface area (Å²) in [6.45, 7) is 6.12. The Bertz CT molecular complexity index is 867. The lowest BCUT2D eigenvalue weighted by molar-refractivity contribution is -0.123. The summed E-state index contributed by atoms with van der Waals surface area (Å²) in [4.78, 5) is 27.0. The molecule has 0 unspecified atom stereocenters. The van der Waals surface area contributed by atoms with Crippen LogP contribution in [0.2, 0.25) is 0 Å². The third kappa shape index (κ3) is 7.99. The van der Waals surface area contributed by atoms with Gasteiger partial charge in [0.2, 0.25) is 0 Å². The van der Waals surface area contributed by atoms with Gasteiger partial charge in [-0.2, -0.15) is 4.79 Å². The fraction of sp³-hybridized carbons (Fsp3) is 0.318. The lowest BCUT2D eigenvalue weighted by Gasteiger charge is -2.21. The first-order valence-electron chi connectivity index (χ1n) is 9.24. The standard InChI is InChI=1S/C22H25N3O4/c1-22(2,3)29-18-11-9-16(10-12-18)13-20(19(26)15-25-23)28-21(27)24-14-17-7-5-4-6-8-17/h4-12,15,20H,13-14H2,1-3H3,(H,24,27)/t20-/m0/s1. The predicted molar refractivity (Wildman–Crippen MR) is 109 cm³/mol. The third-order valence-electron chi connectivity index (χ3n) is 3.80. The van der Waals surface area contributed by atoms with Crippen LogP contribution in [0.1, 0.15) is 31.9 Å². The number of ether oxygens (including phenoxy) is 2. The molecule has 2 aromatic rings. The molecule has 0 saturated carbocycles. The molecule has 0 bridgehead atoms. The van der Waals surface area contributed by atoms with Crippen LogP contribution in [-0.2, 0) is 22.5 Å². The van der Waals surface area contributed by atoms with Gasteiger partial charge < -0.3 is 20.3 Å². The van der Waals surface area contributed by atoms with Crippen molar-refractivity contribution in [2.45, 2.75) is 45.4 Å². The Hall–Kier alpha value is -3.44. The Balaban J connectivity index is 2.01. The molecule has 1 N–H and O–H groups in total. The Morgan fingerprint density at radius 1 is 1.07 bits per heavy atom. The summed E-state index contributed by atoms with van der Waals surface area (Å²) in [6, 6.07) is 16.5. The van der Waals surface area contributed by atoms with E-state index in [1.54, 1.807) is 24.3 Å². The van der Waals surface area contributed by atoms with Gasteiger partial charge in [0.1, 0.15) is 11.4 Å². The van der Waals surface area contributed by atoms with Crippen LogP contribution < -0.4 is 10.1 Å². The van der Waals surface area contributed by atoms with E-state index in [-0.39, 0.29) is 18.6 Å². The molecule has 152 valence electrons. The fourth-order valence-electron chi connectivity index (χ4n) is 2.54. The molecule has 0 aliphatic heterocycles. The van der Waals surface area contributed by atoms with E-state index < -0.39 is 18.0 Å². The average molecular weight is 395 g/mol. The van der Waals surface area contributed by atoms with E-state index in [1.807, 2.05) is 51.1 Å². The van der Waals surface area contributed by atoms with Gasteiger partial charge in [0.25, 0.3) is 5.78 Å². The molecule has 0 aromatic heterocycles. The van der Waals surface area contributed by atoms with E-state index >= 15 is 0 Å². The number of carbonyl (C=O) groups is 2. The molecule has 2 aromatic carbocycles. The van der Waals surface area contributed by atoms with Crippen molar-refractivity contribution < 1.29 is 23.9 Å². The summed E-state index contributed by atoms with van der Waals surface area (Å²) in [5.74, 6) is 0.0833. The van der Waals surface area contributed by atoms with Gasteiger partial charge in [0.15, 0.2) is 6.10 Å². The van der Waals surface area contributed by atoms with Crippen molar-refractivity contribution in [2.24, 2.45) is 0 Å². The molecule has 0 aliphatic rings. The predicted octanol–water partition coefficient (Wildman–Crippen LogP) is 3.57. The van der Waals surface area contributed by atoms with Gasteiger partial charge in [-0.25, -0.2) is 4.79 Å². The van der Waals surface area contributed by atoms with Crippen molar-refractivity contribution in [3.63, 3.8) is 0 Å². The van der Waals surface area contributed by atoms with Crippen LogP contribution in [0, 0.1) is 0 Å². The first kappa shape index (κ1) is 21.9. The summed E-state index contributed by atoms with van der Waals surface area (Å²) in [5.41, 5.74) is 10.0. The minimum Gasteiger partial charge on any atom is -0.488 e. The van der Waals surface area contributed by atoms with E-state index in [9.17, 15) is 9.59 Å². The number of carbonyl (C=O) groups excluding carboxylic acids is 2. The lowest BCUT2D eigenvalue weighted by Crippen LogP contribution is -2.35. The molecule has 0 fully saturated rings. The third-order valence-corrected chi connectivity index (χ3v) is 3.80. The zero-order valence-electron chi connectivity index (χ0n) is 16.8. The molecule has 7 heteroatoms. The summed E-state index contributed by atoms with van der Waals surface area (Å²) < 4.78 is 11.0. The number of ketones is 1. The van der Waals surface area contributed by atoms with Crippen molar-refractivity contribution in [3.05, 3.63) is 71.3 Å². The van der Waals surface area contributed by atoms with E-state index in [0.29, 0.717) is 5.75 Å². The first-order chi connectivity index (χ1) is 13.8. The minimum absolute atomic E-state index is 0.138. The second kappa shape index (κ2) is 10.2. The highest BCUT2D eigenvalue weighted by atomic mass is 16.6. The molecule has 29 heavy (non-hydrogen) atoms. The van der Waals surface area contributed by atoms with E-state index in [2.05, 4.69) is 10.1 Å². The van der Waals surface area contributed by atoms with Crippen molar-refractivity contribution in [2.75, 3.05) is 0 Å². The van der Waals surface area contributed by atoms with E-state index in [4.69, 9.17) is 15.0 Å². The average Bonchev–Trinajstić information content (AvgIpc) is 2.67. The monoisotopic (exact) mass is 395 g/mol. The van der Waals surface area contributed by atoms with Gasteiger partial charge in [0.05, 0.1) is 0 Å². The second-order valence-corrected chi connectivity index (χ2v) is 7.44. The number of alkyl carbamates (subject to hydrolysis) is 1. The fourth-order valence-corrected chi connectivity index (χ4v) is 2.54. The van der Waals surface area contributed by atoms with Crippen LogP contribution >= 0.6 is 0 Å². The normalized spacial score (nSPS) is 11.7. The number of benzene rings is 2. The summed E-state index contributed by atoms with van der Waals surface area (Å²) in [6.07, 6.45) is -0.978. The Morgan fingerprint density at radius 2 is 1.72 bits per heavy atom. The van der Waals surface area contributed by atoms with Gasteiger partial charge >= 0.3 is 12.3 Å². The molecule has 1 amide bonds. The number of Topliss-reactive ketones (excluding diaryl/α,β-unsaturated/α-hetero) is 1. The highest BCUT2D eigenvalue weighted by Gasteiger charge is 2.25. The minimum atomic E-state index is -1.11. The van der Waals surface area contributed by atoms with E-state index in [1.165, 1.54) is 0 Å². The Labute approximate surface area is 170 Å². The molecular weight excluding hydrogens is 370 g/mol. The molecule has 0 spiro atoms. The van der Waals surface area contributed by atoms with Gasteiger partial charge in [-0.3, -0.25) is 4.79 Å². The number of rotatable bonds is 8. The van der Waals surface area contributed by atoms with Gasteiger partial charge in [-0.15, -0.1) is 0 Å². The van der Waals surface area contributed by atoms with Crippen molar-refractivity contribution >= 4 is 18.1 Å². The summed E-state index contributed by atoms with van der Waals surface area (Å²) >= 11 is 0. The van der Waals surface area contributed by atoms with Gasteiger partial charge in [-0.05, 0) is 44.0 Å². The number of amides is 1. The zero-order valence-corrected chi connectivity index (χ0v) is 16.8. The van der Waals surface area contributed by atoms with Gasteiger partial charge in [-0.1, -0.05) is 42.5 Å². The topological polar surface area (TPSA) is 101 Å². The van der Waals surface area contributed by atoms with Crippen LogP contribution in [-0.4, -0.2) is 34.6 Å². The molecular formula is C22H25N3O4. The molecule has 0 saturated heterocycles. The maximum atomic E-state index is 12.2. The molecule has 0 heterocycles.